The van der Waals surface area contributed by atoms with Crippen LogP contribution >= 0.6 is 7.75 Å². The number of aliphatic hydroxyl groups is 3. The van der Waals surface area contributed by atoms with Gasteiger partial charge in [-0.05, 0) is 29.8 Å². The molecule has 0 spiro atoms. The van der Waals surface area contributed by atoms with E-state index in [0.717, 1.165) is 12.5 Å². The number of carbonyl (C=O) groups is 2. The Bertz CT molecular complexity index is 1100. The molecule has 0 aromatic heterocycles. The molecule has 1 amide bonds. The molecule has 1 aliphatic heterocycles. The topological polar surface area (TPSA) is 182 Å². The van der Waals surface area contributed by atoms with Gasteiger partial charge in [0, 0.05) is 6.92 Å². The minimum Gasteiger partial charge on any atom is -0.497 e. The first-order valence-electron chi connectivity index (χ1n) is 11.6. The first kappa shape index (κ1) is 29.5. The van der Waals surface area contributed by atoms with E-state index in [4.69, 9.17) is 23.3 Å². The van der Waals surface area contributed by atoms with Crippen LogP contribution in [0.1, 0.15) is 12.5 Å². The molecule has 1 aliphatic rings. The fraction of sp³-hybridized carbons (Fsp3) is 0.417. The molecule has 0 bridgehead atoms. The molecular formula is C24H31N2O11P. The van der Waals surface area contributed by atoms with E-state index in [-0.39, 0.29) is 12.4 Å². The summed E-state index contributed by atoms with van der Waals surface area (Å²) in [4.78, 5) is 24.1. The maximum absolute atomic E-state index is 13.9. The van der Waals surface area contributed by atoms with Gasteiger partial charge in [-0.25, -0.2) is 9.65 Å². The third kappa shape index (κ3) is 8.23. The van der Waals surface area contributed by atoms with Crippen molar-refractivity contribution in [3.63, 3.8) is 0 Å². The summed E-state index contributed by atoms with van der Waals surface area (Å²) in [6, 6.07) is 13.4. The fourth-order valence-electron chi connectivity index (χ4n) is 3.57. The highest BCUT2D eigenvalue weighted by Gasteiger charge is 2.49. The number of hydrogen-bond donors (Lipinski definition) is 5. The van der Waals surface area contributed by atoms with Crippen LogP contribution in [0.5, 0.6) is 11.5 Å². The number of methoxy groups -OCH3 is 1. The lowest BCUT2D eigenvalue weighted by molar-refractivity contribution is -0.250. The van der Waals surface area contributed by atoms with Gasteiger partial charge in [-0.2, -0.15) is 0 Å². The monoisotopic (exact) mass is 554 g/mol. The van der Waals surface area contributed by atoms with E-state index in [2.05, 4.69) is 10.4 Å². The smallest absolute Gasteiger partial charge is 0.459 e. The maximum atomic E-state index is 13.9. The SMILES string of the molecule is COc1ccc(OP(=O)(NCC(=O)OCc2ccccc2)O[C@H]2[C@H](O)[C@@H](CO)O[C@H](O)[C@@H]2NC(C)=O)cc1. The van der Waals surface area contributed by atoms with Crippen LogP contribution in [0.15, 0.2) is 54.6 Å². The van der Waals surface area contributed by atoms with Crippen LogP contribution in [0, 0.1) is 0 Å². The molecular weight excluding hydrogens is 523 g/mol. The zero-order chi connectivity index (χ0) is 27.7. The number of esters is 1. The van der Waals surface area contributed by atoms with E-state index in [1.54, 1.807) is 24.3 Å². The molecule has 208 valence electrons. The molecule has 3 rings (SSSR count). The van der Waals surface area contributed by atoms with Crippen molar-refractivity contribution >= 4 is 19.6 Å². The van der Waals surface area contributed by atoms with Crippen LogP contribution in [0.25, 0.3) is 0 Å². The van der Waals surface area contributed by atoms with Crippen molar-refractivity contribution in [2.24, 2.45) is 0 Å². The van der Waals surface area contributed by atoms with Gasteiger partial charge < -0.3 is 39.4 Å². The Hall–Kier alpha value is -3.03. The summed E-state index contributed by atoms with van der Waals surface area (Å²) in [5.74, 6) is -0.847. The Morgan fingerprint density at radius 2 is 1.71 bits per heavy atom. The second-order valence-corrected chi connectivity index (χ2v) is 9.98. The standard InChI is InChI=1S/C24H31N2O11P/c1-15(28)26-21-23(22(30)19(13-27)35-24(21)31)37-38(32,36-18-10-8-17(33-2)9-11-18)25-12-20(29)34-14-16-6-4-3-5-7-16/h3-11,19,21-24,27,30-31H,12-14H2,1-2H3,(H,25,32)(H,26,28)/t19-,21-,22-,23-,24+,38?/m1/s1. The molecule has 5 N–H and O–H groups in total. The van der Waals surface area contributed by atoms with Crippen LogP contribution < -0.4 is 19.7 Å². The van der Waals surface area contributed by atoms with E-state index in [9.17, 15) is 29.5 Å². The minimum absolute atomic E-state index is 0.0283. The predicted molar refractivity (Wildman–Crippen MR) is 132 cm³/mol. The van der Waals surface area contributed by atoms with E-state index in [1.807, 2.05) is 6.07 Å². The number of nitrogens with one attached hydrogen (secondary N) is 2. The summed E-state index contributed by atoms with van der Waals surface area (Å²) in [5, 5.41) is 35.4. The summed E-state index contributed by atoms with van der Waals surface area (Å²) in [6.07, 6.45) is -6.29. The quantitative estimate of drug-likeness (QED) is 0.181. The molecule has 1 heterocycles. The molecule has 13 nitrogen and oxygen atoms in total. The number of carbonyl (C=O) groups excluding carboxylic acids is 2. The predicted octanol–water partition coefficient (Wildman–Crippen LogP) is 0.475. The molecule has 2 aromatic rings. The van der Waals surface area contributed by atoms with Gasteiger partial charge in [-0.1, -0.05) is 30.3 Å². The average Bonchev–Trinajstić information content (AvgIpc) is 2.91. The molecule has 0 radical (unpaired) electrons. The molecule has 38 heavy (non-hydrogen) atoms. The van der Waals surface area contributed by atoms with Crippen molar-refractivity contribution in [1.29, 1.82) is 0 Å². The van der Waals surface area contributed by atoms with Crippen LogP contribution in [-0.4, -0.2) is 78.1 Å². The summed E-state index contributed by atoms with van der Waals surface area (Å²) < 4.78 is 40.5. The lowest BCUT2D eigenvalue weighted by atomic mass is 9.97. The zero-order valence-electron chi connectivity index (χ0n) is 20.8. The second-order valence-electron chi connectivity index (χ2n) is 8.28. The molecule has 2 aromatic carbocycles. The molecule has 0 saturated carbocycles. The molecule has 1 saturated heterocycles. The molecule has 1 unspecified atom stereocenters. The van der Waals surface area contributed by atoms with Crippen LogP contribution in [0.3, 0.4) is 0 Å². The van der Waals surface area contributed by atoms with Gasteiger partial charge in [-0.3, -0.25) is 14.1 Å². The molecule has 14 heteroatoms. The van der Waals surface area contributed by atoms with E-state index in [0.29, 0.717) is 5.75 Å². The van der Waals surface area contributed by atoms with Gasteiger partial charge in [0.05, 0.1) is 13.7 Å². The van der Waals surface area contributed by atoms with Crippen molar-refractivity contribution < 1.29 is 52.7 Å². The molecule has 1 fully saturated rings. The normalized spacial score (nSPS) is 24.6. The Kier molecular flexibility index (Phi) is 10.6. The Labute approximate surface area is 219 Å². The maximum Gasteiger partial charge on any atom is 0.459 e. The largest absolute Gasteiger partial charge is 0.497 e. The van der Waals surface area contributed by atoms with Gasteiger partial charge in [0.15, 0.2) is 6.29 Å². The fourth-order valence-corrected chi connectivity index (χ4v) is 5.06. The van der Waals surface area contributed by atoms with Gasteiger partial charge in [0.25, 0.3) is 0 Å². The first-order valence-corrected chi connectivity index (χ1v) is 13.1. The van der Waals surface area contributed by atoms with Gasteiger partial charge in [0.2, 0.25) is 5.91 Å². The lowest BCUT2D eigenvalue weighted by Gasteiger charge is -2.42. The third-order valence-corrected chi connectivity index (χ3v) is 6.97. The average molecular weight is 554 g/mol. The van der Waals surface area contributed by atoms with E-state index in [1.165, 1.54) is 31.4 Å². The number of aliphatic hydroxyl groups excluding tert-OH is 3. The number of rotatable bonds is 12. The molecule has 0 aliphatic carbocycles. The van der Waals surface area contributed by atoms with Crippen LogP contribution in [-0.2, 0) is 34.8 Å². The summed E-state index contributed by atoms with van der Waals surface area (Å²) in [6.45, 7) is -0.202. The Morgan fingerprint density at radius 3 is 2.32 bits per heavy atom. The van der Waals surface area contributed by atoms with Gasteiger partial charge >= 0.3 is 13.7 Å². The van der Waals surface area contributed by atoms with Crippen LogP contribution in [0.4, 0.5) is 0 Å². The van der Waals surface area contributed by atoms with E-state index >= 15 is 0 Å². The Morgan fingerprint density at radius 1 is 1.05 bits per heavy atom. The Balaban J connectivity index is 1.81. The first-order chi connectivity index (χ1) is 18.1. The summed E-state index contributed by atoms with van der Waals surface area (Å²) in [7, 11) is -3.05. The van der Waals surface area contributed by atoms with Crippen LogP contribution in [0.2, 0.25) is 0 Å². The highest BCUT2D eigenvalue weighted by molar-refractivity contribution is 7.52. The number of amides is 1. The number of benzene rings is 2. The summed E-state index contributed by atoms with van der Waals surface area (Å²) >= 11 is 0. The van der Waals surface area contributed by atoms with Crippen molar-refractivity contribution in [3.05, 3.63) is 60.2 Å². The second kappa shape index (κ2) is 13.7. The zero-order valence-corrected chi connectivity index (χ0v) is 21.7. The van der Waals surface area contributed by atoms with Gasteiger partial charge in [0.1, 0.15) is 49.0 Å². The minimum atomic E-state index is -4.52. The third-order valence-electron chi connectivity index (χ3n) is 5.45. The number of ether oxygens (including phenoxy) is 3. The van der Waals surface area contributed by atoms with Crippen molar-refractivity contribution in [3.8, 4) is 11.5 Å². The van der Waals surface area contributed by atoms with E-state index < -0.39 is 63.4 Å². The number of hydrogen-bond acceptors (Lipinski definition) is 11. The van der Waals surface area contributed by atoms with Crippen molar-refractivity contribution in [2.45, 2.75) is 44.2 Å². The lowest BCUT2D eigenvalue weighted by Crippen LogP contribution is -2.64. The van der Waals surface area contributed by atoms with Gasteiger partial charge in [-0.15, -0.1) is 0 Å². The molecule has 6 atom stereocenters. The van der Waals surface area contributed by atoms with Crippen molar-refractivity contribution in [1.82, 2.24) is 10.4 Å². The highest BCUT2D eigenvalue weighted by atomic mass is 31.2. The summed E-state index contributed by atoms with van der Waals surface area (Å²) in [5.41, 5.74) is 0.738. The highest BCUT2D eigenvalue weighted by Crippen LogP contribution is 2.47. The van der Waals surface area contributed by atoms with Crippen molar-refractivity contribution in [2.75, 3.05) is 20.3 Å².